The van der Waals surface area contributed by atoms with Gasteiger partial charge in [-0.1, -0.05) is 6.92 Å². The molecule has 0 aromatic heterocycles. The highest BCUT2D eigenvalue weighted by Crippen LogP contribution is 2.30. The molecule has 1 aromatic carbocycles. The first-order valence-electron chi connectivity index (χ1n) is 9.39. The van der Waals surface area contributed by atoms with Gasteiger partial charge in [0, 0.05) is 38.8 Å². The predicted molar refractivity (Wildman–Crippen MR) is 107 cm³/mol. The lowest BCUT2D eigenvalue weighted by Gasteiger charge is -2.29. The molecule has 1 aromatic rings. The fraction of sp³-hybridized carbons (Fsp3) is 0.556. The molecule has 1 saturated heterocycles. The Labute approximate surface area is 183 Å². The summed E-state index contributed by atoms with van der Waals surface area (Å²) >= 11 is 0. The van der Waals surface area contributed by atoms with Crippen LogP contribution in [0.2, 0.25) is 0 Å². The number of piperazine rings is 1. The summed E-state index contributed by atoms with van der Waals surface area (Å²) in [5, 5.41) is 10.3. The number of nitrogens with zero attached hydrogens (tertiary/aromatic N) is 2. The summed E-state index contributed by atoms with van der Waals surface area (Å²) in [6.07, 6.45) is -5.08. The number of benzene rings is 1. The molecule has 0 radical (unpaired) electrons. The van der Waals surface area contributed by atoms with E-state index in [1.54, 1.807) is 11.8 Å². The van der Waals surface area contributed by atoms with Crippen molar-refractivity contribution in [1.29, 1.82) is 0 Å². The predicted octanol–water partition coefficient (Wildman–Crippen LogP) is 0.780. The summed E-state index contributed by atoms with van der Waals surface area (Å²) in [6.45, 7) is 4.37. The van der Waals surface area contributed by atoms with Crippen molar-refractivity contribution in [2.24, 2.45) is 0 Å². The number of carboxylic acids is 1. The zero-order valence-electron chi connectivity index (χ0n) is 17.8. The van der Waals surface area contributed by atoms with Crippen LogP contribution in [-0.4, -0.2) is 94.3 Å². The first-order valence-corrected chi connectivity index (χ1v) is 10.8. The van der Waals surface area contributed by atoms with Crippen molar-refractivity contribution in [2.45, 2.75) is 18.0 Å². The zero-order valence-corrected chi connectivity index (χ0v) is 18.6. The highest BCUT2D eigenvalue weighted by molar-refractivity contribution is 7.89. The lowest BCUT2D eigenvalue weighted by molar-refractivity contribution is -0.192. The maximum atomic E-state index is 12.9. The third kappa shape index (κ3) is 7.53. The van der Waals surface area contributed by atoms with Gasteiger partial charge in [-0.25, -0.2) is 13.2 Å². The molecule has 1 aliphatic rings. The fourth-order valence-corrected chi connectivity index (χ4v) is 4.07. The molecule has 0 spiro atoms. The summed E-state index contributed by atoms with van der Waals surface area (Å²) in [5.74, 6) is -2.17. The molecular formula is C18H26F3N3O7S. The number of methoxy groups -OCH3 is 2. The second-order valence-corrected chi connectivity index (χ2v) is 8.32. The zero-order chi connectivity index (χ0) is 24.5. The van der Waals surface area contributed by atoms with Gasteiger partial charge in [0.15, 0.2) is 11.5 Å². The summed E-state index contributed by atoms with van der Waals surface area (Å²) in [4.78, 5) is 23.1. The van der Waals surface area contributed by atoms with Gasteiger partial charge in [0.2, 0.25) is 15.9 Å². The summed E-state index contributed by atoms with van der Waals surface area (Å²) in [5.41, 5.74) is 0. The maximum Gasteiger partial charge on any atom is 0.490 e. The van der Waals surface area contributed by atoms with Gasteiger partial charge in [-0.3, -0.25) is 4.79 Å². The van der Waals surface area contributed by atoms with Crippen LogP contribution >= 0.6 is 0 Å². The number of rotatable bonds is 7. The van der Waals surface area contributed by atoms with Gasteiger partial charge in [-0.15, -0.1) is 0 Å². The number of likely N-dealkylation sites (N-methyl/N-ethyl adjacent to an activating group) is 1. The molecule has 14 heteroatoms. The third-order valence-electron chi connectivity index (χ3n) is 4.37. The van der Waals surface area contributed by atoms with Crippen LogP contribution in [0.5, 0.6) is 11.5 Å². The molecule has 10 nitrogen and oxygen atoms in total. The Kier molecular flexibility index (Phi) is 10.2. The minimum Gasteiger partial charge on any atom is -0.493 e. The van der Waals surface area contributed by atoms with Crippen LogP contribution in [0.3, 0.4) is 0 Å². The van der Waals surface area contributed by atoms with E-state index in [9.17, 15) is 26.4 Å². The van der Waals surface area contributed by atoms with Crippen LogP contribution in [0.25, 0.3) is 0 Å². The number of hydrogen-bond donors (Lipinski definition) is 2. The van der Waals surface area contributed by atoms with Crippen LogP contribution in [0.1, 0.15) is 6.92 Å². The average Bonchev–Trinajstić information content (AvgIpc) is 2.76. The van der Waals surface area contributed by atoms with Gasteiger partial charge >= 0.3 is 12.1 Å². The molecule has 1 aliphatic heterocycles. The Balaban J connectivity index is 0.000000633. The van der Waals surface area contributed by atoms with E-state index in [0.29, 0.717) is 24.6 Å². The van der Waals surface area contributed by atoms with E-state index < -0.39 is 22.2 Å². The van der Waals surface area contributed by atoms with Gasteiger partial charge < -0.3 is 24.8 Å². The van der Waals surface area contributed by atoms with E-state index in [-0.39, 0.29) is 23.9 Å². The van der Waals surface area contributed by atoms with E-state index in [4.69, 9.17) is 19.4 Å². The average molecular weight is 485 g/mol. The third-order valence-corrected chi connectivity index (χ3v) is 6.29. The highest BCUT2D eigenvalue weighted by atomic mass is 32.2. The summed E-state index contributed by atoms with van der Waals surface area (Å²) in [7, 11) is -0.881. The number of aliphatic carboxylic acids is 1. The van der Waals surface area contributed by atoms with E-state index in [0.717, 1.165) is 13.1 Å². The largest absolute Gasteiger partial charge is 0.493 e. The van der Waals surface area contributed by atoms with Crippen molar-refractivity contribution in [3.8, 4) is 11.5 Å². The van der Waals surface area contributed by atoms with Crippen molar-refractivity contribution in [3.05, 3.63) is 18.2 Å². The Morgan fingerprint density at radius 2 is 1.69 bits per heavy atom. The smallest absolute Gasteiger partial charge is 0.490 e. The second-order valence-electron chi connectivity index (χ2n) is 6.38. The number of ether oxygens (including phenoxy) is 2. The van der Waals surface area contributed by atoms with Crippen molar-refractivity contribution in [1.82, 2.24) is 14.5 Å². The molecule has 0 saturated carbocycles. The number of amides is 1. The molecular weight excluding hydrogens is 459 g/mol. The van der Waals surface area contributed by atoms with Gasteiger partial charge in [0.25, 0.3) is 0 Å². The highest BCUT2D eigenvalue weighted by Gasteiger charge is 2.38. The molecule has 1 heterocycles. The van der Waals surface area contributed by atoms with Gasteiger partial charge in [-0.2, -0.15) is 17.5 Å². The number of halogens is 3. The van der Waals surface area contributed by atoms with E-state index in [2.05, 4.69) is 5.32 Å². The van der Waals surface area contributed by atoms with Crippen LogP contribution in [-0.2, 0) is 19.6 Å². The van der Waals surface area contributed by atoms with Crippen molar-refractivity contribution < 1.29 is 45.8 Å². The number of alkyl halides is 3. The van der Waals surface area contributed by atoms with Crippen molar-refractivity contribution in [2.75, 3.05) is 53.5 Å². The molecule has 2 rings (SSSR count). The fourth-order valence-electron chi connectivity index (χ4n) is 2.66. The molecule has 2 N–H and O–H groups in total. The normalized spacial score (nSPS) is 14.4. The van der Waals surface area contributed by atoms with Gasteiger partial charge in [0.1, 0.15) is 0 Å². The number of hydrogen-bond acceptors (Lipinski definition) is 7. The summed E-state index contributed by atoms with van der Waals surface area (Å²) < 4.78 is 69.0. The number of sulfonamides is 1. The second kappa shape index (κ2) is 11.9. The molecule has 0 bridgehead atoms. The van der Waals surface area contributed by atoms with E-state index in [1.165, 1.54) is 36.7 Å². The van der Waals surface area contributed by atoms with Gasteiger partial charge in [0.05, 0.1) is 25.7 Å². The number of carboxylic acid groups (broad SMARTS) is 1. The van der Waals surface area contributed by atoms with Crippen LogP contribution in [0.4, 0.5) is 13.2 Å². The van der Waals surface area contributed by atoms with Crippen molar-refractivity contribution in [3.63, 3.8) is 0 Å². The number of carbonyl (C=O) groups is 2. The molecule has 1 amide bonds. The quantitative estimate of drug-likeness (QED) is 0.581. The Hall–Kier alpha value is -2.58. The molecule has 0 aliphatic carbocycles. The Morgan fingerprint density at radius 3 is 2.12 bits per heavy atom. The standard InChI is InChI=1S/C16H25N3O5S.C2HF3O2/c1-4-19(12-16(20)18-9-7-17-8-10-18)25(21,22)13-5-6-14(23-2)15(11-13)24-3;3-2(4,5)1(6)7/h5-6,11,17H,4,7-10,12H2,1-3H3;(H,6,7). The van der Waals surface area contributed by atoms with E-state index in [1.807, 2.05) is 0 Å². The first kappa shape index (κ1) is 27.5. The Bertz CT molecular complexity index is 888. The Morgan fingerprint density at radius 1 is 1.16 bits per heavy atom. The van der Waals surface area contributed by atoms with Gasteiger partial charge in [-0.05, 0) is 12.1 Å². The lowest BCUT2D eigenvalue weighted by Crippen LogP contribution is -2.50. The van der Waals surface area contributed by atoms with E-state index >= 15 is 0 Å². The van der Waals surface area contributed by atoms with Crippen LogP contribution in [0, 0.1) is 0 Å². The van der Waals surface area contributed by atoms with Crippen molar-refractivity contribution >= 4 is 21.9 Å². The molecule has 182 valence electrons. The van der Waals surface area contributed by atoms with Crippen LogP contribution < -0.4 is 14.8 Å². The molecule has 32 heavy (non-hydrogen) atoms. The maximum absolute atomic E-state index is 12.9. The number of carbonyl (C=O) groups excluding carboxylic acids is 1. The SMILES string of the molecule is CCN(CC(=O)N1CCNCC1)S(=O)(=O)c1ccc(OC)c(OC)c1.O=C(O)C(F)(F)F. The lowest BCUT2D eigenvalue weighted by atomic mass is 10.3. The molecule has 0 atom stereocenters. The minimum atomic E-state index is -5.08. The van der Waals surface area contributed by atoms with Crippen LogP contribution in [0.15, 0.2) is 23.1 Å². The summed E-state index contributed by atoms with van der Waals surface area (Å²) in [6, 6.07) is 4.40. The first-order chi connectivity index (χ1) is 14.9. The molecule has 1 fully saturated rings. The number of nitrogens with one attached hydrogen (secondary N) is 1. The molecule has 0 unspecified atom stereocenters. The minimum absolute atomic E-state index is 0.0695. The monoisotopic (exact) mass is 485 g/mol. The topological polar surface area (TPSA) is 125 Å².